The Balaban J connectivity index is 2.34. The van der Waals surface area contributed by atoms with Crippen LogP contribution in [0.5, 0.6) is 0 Å². The molecule has 0 bridgehead atoms. The molecule has 0 amide bonds. The van der Waals surface area contributed by atoms with Crippen molar-refractivity contribution >= 4 is 10.0 Å². The van der Waals surface area contributed by atoms with Crippen molar-refractivity contribution in [2.75, 3.05) is 27.2 Å². The lowest BCUT2D eigenvalue weighted by Gasteiger charge is -2.34. The molecular weight excluding hydrogens is 292 g/mol. The molecule has 1 aliphatic heterocycles. The summed E-state index contributed by atoms with van der Waals surface area (Å²) in [5.41, 5.74) is 0.368. The third-order valence-electron chi connectivity index (χ3n) is 4.32. The SMILES string of the molecule is Cc1oc(C)c(S(=O)(=O)N(C)C2CCN(C)CC2)c1CO. The summed E-state index contributed by atoms with van der Waals surface area (Å²) in [5.74, 6) is 0.807. The summed E-state index contributed by atoms with van der Waals surface area (Å²) in [6.07, 6.45) is 1.63. The van der Waals surface area contributed by atoms with Crippen LogP contribution in [0.4, 0.5) is 0 Å². The van der Waals surface area contributed by atoms with Crippen molar-refractivity contribution in [2.45, 2.75) is 44.2 Å². The number of piperidine rings is 1. The highest BCUT2D eigenvalue weighted by atomic mass is 32.2. The van der Waals surface area contributed by atoms with Crippen molar-refractivity contribution < 1.29 is 17.9 Å². The summed E-state index contributed by atoms with van der Waals surface area (Å²) in [5, 5.41) is 9.45. The third-order valence-corrected chi connectivity index (χ3v) is 6.43. The second kappa shape index (κ2) is 6.08. The summed E-state index contributed by atoms with van der Waals surface area (Å²) in [7, 11) is 0.0115. The van der Waals surface area contributed by atoms with Crippen LogP contribution in [0.2, 0.25) is 0 Å². The molecule has 0 spiro atoms. The fourth-order valence-electron chi connectivity index (χ4n) is 2.93. The summed E-state index contributed by atoms with van der Waals surface area (Å²) < 4.78 is 32.6. The Morgan fingerprint density at radius 1 is 1.29 bits per heavy atom. The fourth-order valence-corrected chi connectivity index (χ4v) is 4.75. The van der Waals surface area contributed by atoms with Crippen molar-refractivity contribution in [1.29, 1.82) is 0 Å². The van der Waals surface area contributed by atoms with Gasteiger partial charge in [-0.05, 0) is 46.8 Å². The topological polar surface area (TPSA) is 74.0 Å². The minimum Gasteiger partial charge on any atom is -0.465 e. The van der Waals surface area contributed by atoms with Gasteiger partial charge in [0.25, 0.3) is 0 Å². The lowest BCUT2D eigenvalue weighted by Crippen LogP contribution is -2.44. The molecule has 1 aromatic rings. The van der Waals surface area contributed by atoms with Crippen LogP contribution in [0.3, 0.4) is 0 Å². The van der Waals surface area contributed by atoms with Gasteiger partial charge in [-0.15, -0.1) is 0 Å². The fraction of sp³-hybridized carbons (Fsp3) is 0.714. The molecule has 1 fully saturated rings. The van der Waals surface area contributed by atoms with Crippen LogP contribution in [0.25, 0.3) is 0 Å². The molecule has 7 heteroatoms. The quantitative estimate of drug-likeness (QED) is 0.900. The predicted molar refractivity (Wildman–Crippen MR) is 79.6 cm³/mol. The standard InChI is InChI=1S/C14H24N2O4S/c1-10-13(9-17)14(11(2)20-10)21(18,19)16(4)12-5-7-15(3)8-6-12/h12,17H,5-9H2,1-4H3. The first-order valence-corrected chi connectivity index (χ1v) is 8.59. The minimum atomic E-state index is -3.65. The molecule has 0 aliphatic carbocycles. The van der Waals surface area contributed by atoms with E-state index in [4.69, 9.17) is 4.42 Å². The van der Waals surface area contributed by atoms with Gasteiger partial charge < -0.3 is 14.4 Å². The molecule has 1 aromatic heterocycles. The van der Waals surface area contributed by atoms with E-state index in [-0.39, 0.29) is 17.5 Å². The van der Waals surface area contributed by atoms with Crippen LogP contribution < -0.4 is 0 Å². The maximum atomic E-state index is 12.9. The van der Waals surface area contributed by atoms with Gasteiger partial charge in [-0.2, -0.15) is 4.31 Å². The van der Waals surface area contributed by atoms with E-state index in [0.29, 0.717) is 17.1 Å². The van der Waals surface area contributed by atoms with E-state index in [1.165, 1.54) is 4.31 Å². The number of aliphatic hydroxyl groups excluding tert-OH is 1. The van der Waals surface area contributed by atoms with Gasteiger partial charge in [0.15, 0.2) is 0 Å². The second-order valence-corrected chi connectivity index (χ2v) is 7.67. The van der Waals surface area contributed by atoms with Gasteiger partial charge in [0.05, 0.1) is 6.61 Å². The van der Waals surface area contributed by atoms with Gasteiger partial charge >= 0.3 is 0 Å². The van der Waals surface area contributed by atoms with Crippen LogP contribution in [0.15, 0.2) is 9.31 Å². The van der Waals surface area contributed by atoms with Crippen molar-refractivity contribution in [2.24, 2.45) is 0 Å². The van der Waals surface area contributed by atoms with E-state index in [0.717, 1.165) is 25.9 Å². The summed E-state index contributed by atoms with van der Waals surface area (Å²) in [6, 6.07) is -0.00708. The minimum absolute atomic E-state index is 0.00708. The highest BCUT2D eigenvalue weighted by molar-refractivity contribution is 7.89. The number of sulfonamides is 1. The summed E-state index contributed by atoms with van der Waals surface area (Å²) >= 11 is 0. The largest absolute Gasteiger partial charge is 0.465 e. The Bertz CT molecular complexity index is 601. The third kappa shape index (κ3) is 3.01. The zero-order valence-electron chi connectivity index (χ0n) is 13.1. The Morgan fingerprint density at radius 2 is 1.86 bits per heavy atom. The second-order valence-electron chi connectivity index (χ2n) is 5.74. The first-order chi connectivity index (χ1) is 9.78. The van der Waals surface area contributed by atoms with Gasteiger partial charge in [-0.3, -0.25) is 0 Å². The van der Waals surface area contributed by atoms with E-state index in [2.05, 4.69) is 4.90 Å². The first kappa shape index (κ1) is 16.5. The first-order valence-electron chi connectivity index (χ1n) is 7.15. The Morgan fingerprint density at radius 3 is 2.38 bits per heavy atom. The Hall–Kier alpha value is -0.890. The molecule has 1 saturated heterocycles. The maximum absolute atomic E-state index is 12.9. The number of furan rings is 1. The summed E-state index contributed by atoms with van der Waals surface area (Å²) in [6.45, 7) is 4.75. The average molecular weight is 316 g/mol. The number of rotatable bonds is 4. The monoisotopic (exact) mass is 316 g/mol. The molecule has 1 aliphatic rings. The smallest absolute Gasteiger partial charge is 0.246 e. The number of aliphatic hydroxyl groups is 1. The van der Waals surface area contributed by atoms with Crippen molar-refractivity contribution in [1.82, 2.24) is 9.21 Å². The highest BCUT2D eigenvalue weighted by Crippen LogP contribution is 2.31. The van der Waals surface area contributed by atoms with E-state index in [1.807, 2.05) is 7.05 Å². The molecule has 120 valence electrons. The van der Waals surface area contributed by atoms with Gasteiger partial charge in [0.1, 0.15) is 16.4 Å². The Labute approximate surface area is 126 Å². The van der Waals surface area contributed by atoms with E-state index in [9.17, 15) is 13.5 Å². The van der Waals surface area contributed by atoms with Crippen LogP contribution >= 0.6 is 0 Å². The van der Waals surface area contributed by atoms with Crippen molar-refractivity contribution in [3.8, 4) is 0 Å². The van der Waals surface area contributed by atoms with E-state index in [1.54, 1.807) is 20.9 Å². The van der Waals surface area contributed by atoms with Crippen LogP contribution in [-0.4, -0.2) is 56.0 Å². The number of nitrogens with zero attached hydrogens (tertiary/aromatic N) is 2. The molecule has 0 atom stereocenters. The number of hydrogen-bond donors (Lipinski definition) is 1. The Kier molecular flexibility index (Phi) is 4.77. The normalized spacial score (nSPS) is 18.6. The van der Waals surface area contributed by atoms with E-state index < -0.39 is 10.0 Å². The molecule has 0 radical (unpaired) electrons. The lowest BCUT2D eigenvalue weighted by molar-refractivity contribution is 0.197. The molecule has 6 nitrogen and oxygen atoms in total. The van der Waals surface area contributed by atoms with Gasteiger partial charge in [0, 0.05) is 18.7 Å². The van der Waals surface area contributed by atoms with E-state index >= 15 is 0 Å². The van der Waals surface area contributed by atoms with Gasteiger partial charge in [-0.25, -0.2) is 8.42 Å². The molecule has 0 unspecified atom stereocenters. The molecule has 1 N–H and O–H groups in total. The molecule has 2 heterocycles. The zero-order chi connectivity index (χ0) is 15.8. The molecule has 0 saturated carbocycles. The predicted octanol–water partition coefficient (Wildman–Crippen LogP) is 1.10. The molecule has 21 heavy (non-hydrogen) atoms. The van der Waals surface area contributed by atoms with Crippen LogP contribution in [0.1, 0.15) is 29.9 Å². The number of likely N-dealkylation sites (tertiary alicyclic amines) is 1. The van der Waals surface area contributed by atoms with Gasteiger partial charge in [0.2, 0.25) is 10.0 Å². The molecule has 0 aromatic carbocycles. The van der Waals surface area contributed by atoms with Crippen molar-refractivity contribution in [3.05, 3.63) is 17.1 Å². The molecular formula is C14H24N2O4S. The van der Waals surface area contributed by atoms with Gasteiger partial charge in [-0.1, -0.05) is 0 Å². The molecule has 2 rings (SSSR count). The number of aryl methyl sites for hydroxylation is 2. The number of hydrogen-bond acceptors (Lipinski definition) is 5. The zero-order valence-corrected chi connectivity index (χ0v) is 13.9. The maximum Gasteiger partial charge on any atom is 0.246 e. The summed E-state index contributed by atoms with van der Waals surface area (Å²) in [4.78, 5) is 2.33. The van der Waals surface area contributed by atoms with Crippen LogP contribution in [-0.2, 0) is 16.6 Å². The lowest BCUT2D eigenvalue weighted by atomic mass is 10.1. The highest BCUT2D eigenvalue weighted by Gasteiger charge is 2.34. The van der Waals surface area contributed by atoms with Crippen molar-refractivity contribution in [3.63, 3.8) is 0 Å². The van der Waals surface area contributed by atoms with Crippen LogP contribution in [0, 0.1) is 13.8 Å². The average Bonchev–Trinajstić information content (AvgIpc) is 2.73.